The second kappa shape index (κ2) is 8.66. The quantitative estimate of drug-likeness (QED) is 0.626. The lowest BCUT2D eigenvalue weighted by molar-refractivity contribution is 0.306. The summed E-state index contributed by atoms with van der Waals surface area (Å²) in [6.07, 6.45) is 4.75. The van der Waals surface area contributed by atoms with Crippen LogP contribution in [0.25, 0.3) is 11.1 Å². The van der Waals surface area contributed by atoms with E-state index < -0.39 is 10.0 Å². The van der Waals surface area contributed by atoms with Crippen molar-refractivity contribution in [2.75, 3.05) is 17.6 Å². The van der Waals surface area contributed by atoms with E-state index in [2.05, 4.69) is 4.72 Å². The van der Waals surface area contributed by atoms with Crippen LogP contribution < -0.4 is 19.8 Å². The molecule has 0 bridgehead atoms. The predicted molar refractivity (Wildman–Crippen MR) is 120 cm³/mol. The minimum absolute atomic E-state index is 0.232. The van der Waals surface area contributed by atoms with E-state index in [-0.39, 0.29) is 11.4 Å². The fourth-order valence-corrected chi connectivity index (χ4v) is 4.16. The Bertz CT molecular complexity index is 1330. The van der Waals surface area contributed by atoms with E-state index in [1.54, 1.807) is 37.5 Å². The monoisotopic (exact) mass is 458 g/mol. The molecule has 168 valence electrons. The number of sulfonamides is 1. The fraction of sp³-hybridized carbons (Fsp3) is 0.261. The Balaban J connectivity index is 1.93. The first-order chi connectivity index (χ1) is 15.2. The average molecular weight is 459 g/mol. The highest BCUT2D eigenvalue weighted by atomic mass is 32.2. The molecule has 0 saturated carbocycles. The number of benzene rings is 2. The standard InChI is InChI=1S/C23H23FN2O5S/c1-26-14-19-18-12-17(25-32(2,28)29)7-9-21(18)31-20-8-6-16(24)11-15(20)5-3-4-10-30-22(19)13-23(26)27/h6-9,11-14,25H,3-5,10H2,1-2H3. The molecular weight excluding hydrogens is 435 g/mol. The first kappa shape index (κ1) is 21.9. The molecule has 0 atom stereocenters. The van der Waals surface area contributed by atoms with Crippen LogP contribution in [0.5, 0.6) is 17.2 Å². The normalized spacial score (nSPS) is 13.8. The molecule has 0 fully saturated rings. The lowest BCUT2D eigenvalue weighted by Gasteiger charge is -2.20. The zero-order valence-electron chi connectivity index (χ0n) is 17.7. The topological polar surface area (TPSA) is 86.6 Å². The van der Waals surface area contributed by atoms with Crippen molar-refractivity contribution in [3.63, 3.8) is 0 Å². The molecule has 3 aromatic rings. The fourth-order valence-electron chi connectivity index (χ4n) is 3.60. The Kier molecular flexibility index (Phi) is 5.92. The summed E-state index contributed by atoms with van der Waals surface area (Å²) >= 11 is 0. The number of ether oxygens (including phenoxy) is 2. The number of fused-ring (bicyclic) bond motifs is 4. The molecule has 0 unspecified atom stereocenters. The number of hydrogen-bond donors (Lipinski definition) is 1. The second-order valence-electron chi connectivity index (χ2n) is 7.75. The van der Waals surface area contributed by atoms with E-state index in [1.165, 1.54) is 22.8 Å². The minimum Gasteiger partial charge on any atom is -0.493 e. The zero-order valence-corrected chi connectivity index (χ0v) is 18.5. The van der Waals surface area contributed by atoms with Crippen LogP contribution >= 0.6 is 0 Å². The molecule has 0 amide bonds. The maximum Gasteiger partial charge on any atom is 0.254 e. The largest absolute Gasteiger partial charge is 0.493 e. The van der Waals surface area contributed by atoms with Crippen molar-refractivity contribution >= 4 is 15.7 Å². The molecule has 1 aromatic heterocycles. The Morgan fingerprint density at radius 2 is 1.78 bits per heavy atom. The number of pyridine rings is 1. The second-order valence-corrected chi connectivity index (χ2v) is 9.49. The van der Waals surface area contributed by atoms with Gasteiger partial charge in [-0.15, -0.1) is 0 Å². The number of aryl methyl sites for hydroxylation is 2. The molecule has 2 aromatic carbocycles. The van der Waals surface area contributed by atoms with Crippen molar-refractivity contribution in [3.8, 4) is 28.4 Å². The summed E-state index contributed by atoms with van der Waals surface area (Å²) in [5.74, 6) is 0.976. The van der Waals surface area contributed by atoms with Gasteiger partial charge in [0.05, 0.1) is 12.9 Å². The van der Waals surface area contributed by atoms with Gasteiger partial charge in [0, 0.05) is 36.1 Å². The van der Waals surface area contributed by atoms with E-state index in [0.29, 0.717) is 53.5 Å². The molecule has 1 aliphatic rings. The van der Waals surface area contributed by atoms with E-state index in [0.717, 1.165) is 18.2 Å². The minimum atomic E-state index is -3.51. The molecular formula is C23H23FN2O5S. The number of halogens is 1. The summed E-state index contributed by atoms with van der Waals surface area (Å²) in [6.45, 7) is 0.377. The van der Waals surface area contributed by atoms with Crippen molar-refractivity contribution in [3.05, 3.63) is 70.4 Å². The van der Waals surface area contributed by atoms with Crippen LogP contribution in [0.3, 0.4) is 0 Å². The Labute approximate surface area is 185 Å². The number of nitrogens with one attached hydrogen (secondary N) is 1. The molecule has 7 nitrogen and oxygen atoms in total. The maximum atomic E-state index is 13.9. The van der Waals surface area contributed by atoms with Gasteiger partial charge in [-0.1, -0.05) is 0 Å². The van der Waals surface area contributed by atoms with E-state index in [1.807, 2.05) is 0 Å². The Morgan fingerprint density at radius 1 is 1.00 bits per heavy atom. The van der Waals surface area contributed by atoms with Crippen LogP contribution in [0, 0.1) is 5.82 Å². The molecule has 9 heteroatoms. The SMILES string of the molecule is Cn1cc2c(cc1=O)OCCCCc1cc(F)ccc1Oc1ccc(NS(C)(=O)=O)cc1-2. The van der Waals surface area contributed by atoms with Crippen molar-refractivity contribution in [1.29, 1.82) is 0 Å². The summed E-state index contributed by atoms with van der Waals surface area (Å²) in [7, 11) is -1.89. The Morgan fingerprint density at radius 3 is 2.56 bits per heavy atom. The number of nitrogens with zero attached hydrogens (tertiary/aromatic N) is 1. The van der Waals surface area contributed by atoms with Crippen molar-refractivity contribution in [2.24, 2.45) is 7.05 Å². The highest BCUT2D eigenvalue weighted by Gasteiger charge is 2.18. The van der Waals surface area contributed by atoms with Gasteiger partial charge in [0.2, 0.25) is 10.0 Å². The van der Waals surface area contributed by atoms with Gasteiger partial charge in [-0.3, -0.25) is 9.52 Å². The van der Waals surface area contributed by atoms with Gasteiger partial charge in [0.1, 0.15) is 23.1 Å². The van der Waals surface area contributed by atoms with Gasteiger partial charge < -0.3 is 14.0 Å². The maximum absolute atomic E-state index is 13.9. The molecule has 0 radical (unpaired) electrons. The molecule has 0 saturated heterocycles. The van der Waals surface area contributed by atoms with Gasteiger partial charge >= 0.3 is 0 Å². The first-order valence-electron chi connectivity index (χ1n) is 10.1. The third-order valence-corrected chi connectivity index (χ3v) is 5.71. The summed E-state index contributed by atoms with van der Waals surface area (Å²) in [6, 6.07) is 10.6. The van der Waals surface area contributed by atoms with Gasteiger partial charge in [0.15, 0.2) is 0 Å². The van der Waals surface area contributed by atoms with Crippen molar-refractivity contribution < 1.29 is 22.3 Å². The van der Waals surface area contributed by atoms with Gasteiger partial charge in [0.25, 0.3) is 5.56 Å². The molecule has 2 heterocycles. The van der Waals surface area contributed by atoms with Gasteiger partial charge in [-0.05, 0) is 61.2 Å². The zero-order chi connectivity index (χ0) is 22.9. The molecule has 4 rings (SSSR count). The van der Waals surface area contributed by atoms with Crippen LogP contribution in [-0.4, -0.2) is 25.8 Å². The Hall–Kier alpha value is -3.33. The molecule has 0 spiro atoms. The highest BCUT2D eigenvalue weighted by molar-refractivity contribution is 7.92. The lowest BCUT2D eigenvalue weighted by Crippen LogP contribution is -2.16. The summed E-state index contributed by atoms with van der Waals surface area (Å²) < 4.78 is 53.4. The van der Waals surface area contributed by atoms with Crippen LogP contribution in [0.4, 0.5) is 10.1 Å². The molecule has 32 heavy (non-hydrogen) atoms. The lowest BCUT2D eigenvalue weighted by atomic mass is 10.0. The van der Waals surface area contributed by atoms with E-state index >= 15 is 0 Å². The number of hydrogen-bond acceptors (Lipinski definition) is 5. The van der Waals surface area contributed by atoms with Crippen LogP contribution in [0.2, 0.25) is 0 Å². The van der Waals surface area contributed by atoms with Crippen molar-refractivity contribution in [1.82, 2.24) is 4.57 Å². The highest BCUT2D eigenvalue weighted by Crippen LogP contribution is 2.41. The smallest absolute Gasteiger partial charge is 0.254 e. The van der Waals surface area contributed by atoms with Gasteiger partial charge in [-0.25, -0.2) is 12.8 Å². The van der Waals surface area contributed by atoms with E-state index in [4.69, 9.17) is 9.47 Å². The van der Waals surface area contributed by atoms with E-state index in [9.17, 15) is 17.6 Å². The predicted octanol–water partition coefficient (Wildman–Crippen LogP) is 4.07. The first-order valence-corrected chi connectivity index (χ1v) is 12.0. The van der Waals surface area contributed by atoms with Crippen LogP contribution in [0.15, 0.2) is 53.5 Å². The third-order valence-electron chi connectivity index (χ3n) is 5.10. The summed E-state index contributed by atoms with van der Waals surface area (Å²) in [4.78, 5) is 12.3. The molecule has 0 aliphatic carbocycles. The summed E-state index contributed by atoms with van der Waals surface area (Å²) in [5, 5.41) is 0. The van der Waals surface area contributed by atoms with Gasteiger partial charge in [-0.2, -0.15) is 0 Å². The van der Waals surface area contributed by atoms with Crippen molar-refractivity contribution in [2.45, 2.75) is 19.3 Å². The third kappa shape index (κ3) is 4.94. The molecule has 1 N–H and O–H groups in total. The number of rotatable bonds is 2. The average Bonchev–Trinajstić information content (AvgIpc) is 2.71. The molecule has 1 aliphatic heterocycles. The van der Waals surface area contributed by atoms with Crippen LogP contribution in [0.1, 0.15) is 18.4 Å². The number of anilines is 1. The number of aromatic nitrogens is 1. The van der Waals surface area contributed by atoms with Crippen LogP contribution in [-0.2, 0) is 23.5 Å². The summed E-state index contributed by atoms with van der Waals surface area (Å²) in [5.41, 5.74) is 1.93.